The normalized spacial score (nSPS) is 17.9. The molecule has 0 amide bonds. The molecule has 2 aromatic heterocycles. The monoisotopic (exact) mass is 338 g/mol. The van der Waals surface area contributed by atoms with Crippen LogP contribution < -0.4 is 4.90 Å². The summed E-state index contributed by atoms with van der Waals surface area (Å²) < 4.78 is 11.4. The molecule has 3 heterocycles. The Morgan fingerprint density at radius 3 is 2.72 bits per heavy atom. The van der Waals surface area contributed by atoms with Crippen molar-refractivity contribution in [2.24, 2.45) is 0 Å². The third-order valence-corrected chi connectivity index (χ3v) is 4.65. The van der Waals surface area contributed by atoms with Crippen molar-refractivity contribution >= 4 is 5.69 Å². The van der Waals surface area contributed by atoms with E-state index in [1.54, 1.807) is 6.26 Å². The summed E-state index contributed by atoms with van der Waals surface area (Å²) in [6.07, 6.45) is 2.75. The van der Waals surface area contributed by atoms with Gasteiger partial charge in [0.2, 0.25) is 11.8 Å². The maximum Gasteiger partial charge on any atom is 0.247 e. The highest BCUT2D eigenvalue weighted by atomic mass is 16.4. The average Bonchev–Trinajstić information content (AvgIpc) is 3.37. The van der Waals surface area contributed by atoms with Crippen molar-refractivity contribution in [3.05, 3.63) is 54.3 Å². The van der Waals surface area contributed by atoms with Gasteiger partial charge in [-0.2, -0.15) is 0 Å². The van der Waals surface area contributed by atoms with Crippen molar-refractivity contribution in [1.29, 1.82) is 0 Å². The van der Waals surface area contributed by atoms with E-state index in [0.29, 0.717) is 5.89 Å². The van der Waals surface area contributed by atoms with Crippen LogP contribution in [-0.4, -0.2) is 42.3 Å². The zero-order chi connectivity index (χ0) is 17.2. The standard InChI is InChI=1S/C19H22N4O2/c1-22(2)16-7-5-14(6-8-16)18-20-21-19(25-18)15-9-10-23(12-15)13-17-4-3-11-24-17/h3-8,11,15H,9-10,12-13H2,1-2H3/t15-/m0/s1. The van der Waals surface area contributed by atoms with Crippen LogP contribution in [0.5, 0.6) is 0 Å². The Balaban J connectivity index is 1.43. The molecule has 3 aromatic rings. The van der Waals surface area contributed by atoms with Crippen LogP contribution in [0.4, 0.5) is 5.69 Å². The minimum Gasteiger partial charge on any atom is -0.468 e. The molecule has 0 N–H and O–H groups in total. The molecule has 1 aromatic carbocycles. The molecule has 0 saturated carbocycles. The molecule has 1 aliphatic rings. The van der Waals surface area contributed by atoms with Gasteiger partial charge in [-0.1, -0.05) is 0 Å². The second-order valence-electron chi connectivity index (χ2n) is 6.69. The summed E-state index contributed by atoms with van der Waals surface area (Å²) in [5.41, 5.74) is 2.10. The molecule has 130 valence electrons. The van der Waals surface area contributed by atoms with Crippen LogP contribution >= 0.6 is 0 Å². The lowest BCUT2D eigenvalue weighted by molar-refractivity contribution is 0.290. The van der Waals surface area contributed by atoms with Crippen LogP contribution in [-0.2, 0) is 6.54 Å². The zero-order valence-electron chi connectivity index (χ0n) is 14.6. The fourth-order valence-corrected chi connectivity index (χ4v) is 3.22. The first kappa shape index (κ1) is 15.9. The van der Waals surface area contributed by atoms with Gasteiger partial charge in [0, 0.05) is 31.9 Å². The molecule has 1 atom stereocenters. The summed E-state index contributed by atoms with van der Waals surface area (Å²) in [6.45, 7) is 2.76. The third-order valence-electron chi connectivity index (χ3n) is 4.65. The Kier molecular flexibility index (Phi) is 4.28. The maximum atomic E-state index is 5.95. The number of likely N-dealkylation sites (tertiary alicyclic amines) is 1. The number of hydrogen-bond donors (Lipinski definition) is 0. The summed E-state index contributed by atoms with van der Waals surface area (Å²) in [6, 6.07) is 12.1. The van der Waals surface area contributed by atoms with Gasteiger partial charge < -0.3 is 13.7 Å². The van der Waals surface area contributed by atoms with E-state index in [1.165, 1.54) is 0 Å². The Morgan fingerprint density at radius 1 is 1.16 bits per heavy atom. The minimum absolute atomic E-state index is 0.289. The molecule has 0 aliphatic carbocycles. The molecule has 1 aliphatic heterocycles. The van der Waals surface area contributed by atoms with Gasteiger partial charge in [0.1, 0.15) is 5.76 Å². The smallest absolute Gasteiger partial charge is 0.247 e. The molecule has 6 nitrogen and oxygen atoms in total. The molecule has 6 heteroatoms. The Hall–Kier alpha value is -2.60. The van der Waals surface area contributed by atoms with Gasteiger partial charge in [-0.3, -0.25) is 4.90 Å². The van der Waals surface area contributed by atoms with Gasteiger partial charge in [0.05, 0.1) is 18.7 Å². The van der Waals surface area contributed by atoms with E-state index in [-0.39, 0.29) is 5.92 Å². The summed E-state index contributed by atoms with van der Waals surface area (Å²) in [4.78, 5) is 4.43. The molecule has 0 bridgehead atoms. The lowest BCUT2D eigenvalue weighted by atomic mass is 10.1. The molecule has 0 spiro atoms. The summed E-state index contributed by atoms with van der Waals surface area (Å²) in [5, 5.41) is 8.53. The van der Waals surface area contributed by atoms with E-state index in [4.69, 9.17) is 8.83 Å². The average molecular weight is 338 g/mol. The lowest BCUT2D eigenvalue weighted by Gasteiger charge is -2.12. The summed E-state index contributed by atoms with van der Waals surface area (Å²) in [5.74, 6) is 2.60. The van der Waals surface area contributed by atoms with Gasteiger partial charge >= 0.3 is 0 Å². The van der Waals surface area contributed by atoms with E-state index in [9.17, 15) is 0 Å². The number of aromatic nitrogens is 2. The predicted octanol–water partition coefficient (Wildman–Crippen LogP) is 3.39. The van der Waals surface area contributed by atoms with Gasteiger partial charge in [0.15, 0.2) is 0 Å². The summed E-state index contributed by atoms with van der Waals surface area (Å²) >= 11 is 0. The van der Waals surface area contributed by atoms with Crippen molar-refractivity contribution in [2.45, 2.75) is 18.9 Å². The molecule has 1 saturated heterocycles. The van der Waals surface area contributed by atoms with Crippen LogP contribution in [0.25, 0.3) is 11.5 Å². The Bertz CT molecular complexity index is 808. The van der Waals surface area contributed by atoms with Gasteiger partial charge in [-0.05, 0) is 49.4 Å². The van der Waals surface area contributed by atoms with E-state index >= 15 is 0 Å². The molecular weight excluding hydrogens is 316 g/mol. The van der Waals surface area contributed by atoms with Gasteiger partial charge in [0.25, 0.3) is 0 Å². The highest BCUT2D eigenvalue weighted by Gasteiger charge is 2.28. The molecular formula is C19H22N4O2. The van der Waals surface area contributed by atoms with E-state index < -0.39 is 0 Å². The number of nitrogens with zero attached hydrogens (tertiary/aromatic N) is 4. The second kappa shape index (κ2) is 6.72. The van der Waals surface area contributed by atoms with Crippen LogP contribution in [0, 0.1) is 0 Å². The Labute approximate surface area is 147 Å². The van der Waals surface area contributed by atoms with E-state index in [0.717, 1.165) is 49.0 Å². The quantitative estimate of drug-likeness (QED) is 0.711. The SMILES string of the molecule is CN(C)c1ccc(-c2nnc([C@H]3CCN(Cc4ccco4)C3)o2)cc1. The van der Waals surface area contributed by atoms with Crippen molar-refractivity contribution in [1.82, 2.24) is 15.1 Å². The van der Waals surface area contributed by atoms with Crippen molar-refractivity contribution in [3.63, 3.8) is 0 Å². The highest BCUT2D eigenvalue weighted by molar-refractivity contribution is 5.58. The van der Waals surface area contributed by atoms with E-state index in [1.807, 2.05) is 38.4 Å². The van der Waals surface area contributed by atoms with Crippen LogP contribution in [0.1, 0.15) is 24.0 Å². The minimum atomic E-state index is 0.289. The first-order valence-electron chi connectivity index (χ1n) is 8.55. The summed E-state index contributed by atoms with van der Waals surface area (Å²) in [7, 11) is 4.04. The predicted molar refractivity (Wildman–Crippen MR) is 95.4 cm³/mol. The fourth-order valence-electron chi connectivity index (χ4n) is 3.22. The third kappa shape index (κ3) is 3.44. The first-order valence-corrected chi connectivity index (χ1v) is 8.55. The molecule has 1 fully saturated rings. The molecule has 0 radical (unpaired) electrons. The number of hydrogen-bond acceptors (Lipinski definition) is 6. The fraction of sp³-hybridized carbons (Fsp3) is 0.368. The second-order valence-corrected chi connectivity index (χ2v) is 6.69. The number of furan rings is 1. The molecule has 4 rings (SSSR count). The number of anilines is 1. The van der Waals surface area contributed by atoms with Gasteiger partial charge in [-0.15, -0.1) is 10.2 Å². The van der Waals surface area contributed by atoms with Crippen molar-refractivity contribution in [2.75, 3.05) is 32.1 Å². The molecule has 0 unspecified atom stereocenters. The Morgan fingerprint density at radius 2 is 2.00 bits per heavy atom. The largest absolute Gasteiger partial charge is 0.468 e. The zero-order valence-corrected chi connectivity index (χ0v) is 14.6. The maximum absolute atomic E-state index is 5.95. The van der Waals surface area contributed by atoms with Crippen LogP contribution in [0.2, 0.25) is 0 Å². The topological polar surface area (TPSA) is 58.5 Å². The highest BCUT2D eigenvalue weighted by Crippen LogP contribution is 2.30. The van der Waals surface area contributed by atoms with Crippen molar-refractivity contribution < 1.29 is 8.83 Å². The first-order chi connectivity index (χ1) is 12.2. The van der Waals surface area contributed by atoms with E-state index in [2.05, 4.69) is 32.1 Å². The van der Waals surface area contributed by atoms with Crippen LogP contribution in [0.15, 0.2) is 51.5 Å². The number of benzene rings is 1. The molecule has 25 heavy (non-hydrogen) atoms. The van der Waals surface area contributed by atoms with Gasteiger partial charge in [-0.25, -0.2) is 0 Å². The van der Waals surface area contributed by atoms with Crippen molar-refractivity contribution in [3.8, 4) is 11.5 Å². The lowest BCUT2D eigenvalue weighted by Crippen LogP contribution is -2.19. The number of rotatable bonds is 5. The van der Waals surface area contributed by atoms with Crippen LogP contribution in [0.3, 0.4) is 0 Å².